The molecule has 100 valence electrons. The van der Waals surface area contributed by atoms with E-state index in [0.29, 0.717) is 5.56 Å². The van der Waals surface area contributed by atoms with Crippen molar-refractivity contribution in [2.45, 2.75) is 20.3 Å². The van der Waals surface area contributed by atoms with Gasteiger partial charge in [0.05, 0.1) is 10.6 Å². The molecule has 1 aromatic carbocycles. The molecule has 1 aromatic heterocycles. The molecule has 0 radical (unpaired) electrons. The van der Waals surface area contributed by atoms with E-state index in [1.807, 2.05) is 6.92 Å². The molecule has 0 fully saturated rings. The molecule has 2 aromatic rings. The van der Waals surface area contributed by atoms with Crippen molar-refractivity contribution < 1.29 is 10.0 Å². The van der Waals surface area contributed by atoms with E-state index in [9.17, 15) is 20.0 Å². The van der Waals surface area contributed by atoms with Crippen LogP contribution in [0.4, 0.5) is 5.69 Å². The number of nitrogens with zero attached hydrogens (tertiary/aromatic N) is 1. The summed E-state index contributed by atoms with van der Waals surface area (Å²) in [5.74, 6) is -0.291. The van der Waals surface area contributed by atoms with Crippen molar-refractivity contribution in [1.82, 2.24) is 9.97 Å². The standard InChI is InChI=1S/C12H13N3O4/c1-6-3-4-10(15(18)19)8(7(6)2)5-9-11(16)14-12(17)13-9/h3-4,16H,5H2,1-2H3,(H2,13,14,17). The van der Waals surface area contributed by atoms with Crippen molar-refractivity contribution >= 4 is 5.69 Å². The molecule has 0 saturated carbocycles. The topological polar surface area (TPSA) is 112 Å². The van der Waals surface area contributed by atoms with Crippen LogP contribution in [-0.2, 0) is 6.42 Å². The minimum atomic E-state index is -0.541. The van der Waals surface area contributed by atoms with Gasteiger partial charge in [-0.15, -0.1) is 0 Å². The summed E-state index contributed by atoms with van der Waals surface area (Å²) >= 11 is 0. The van der Waals surface area contributed by atoms with E-state index >= 15 is 0 Å². The van der Waals surface area contributed by atoms with Gasteiger partial charge in [0, 0.05) is 18.1 Å². The molecule has 1 heterocycles. The van der Waals surface area contributed by atoms with E-state index in [4.69, 9.17) is 0 Å². The number of aromatic amines is 2. The van der Waals surface area contributed by atoms with Gasteiger partial charge in [0.15, 0.2) is 0 Å². The van der Waals surface area contributed by atoms with Crippen molar-refractivity contribution in [3.05, 3.63) is 55.1 Å². The van der Waals surface area contributed by atoms with E-state index in [1.54, 1.807) is 13.0 Å². The average molecular weight is 263 g/mol. The molecule has 0 aliphatic carbocycles. The van der Waals surface area contributed by atoms with Crippen LogP contribution in [-0.4, -0.2) is 20.0 Å². The number of imidazole rings is 1. The minimum absolute atomic E-state index is 0.0236. The lowest BCUT2D eigenvalue weighted by molar-refractivity contribution is -0.385. The first-order valence-electron chi connectivity index (χ1n) is 5.63. The SMILES string of the molecule is Cc1ccc([N+](=O)[O-])c(Cc2[nH]c(=O)[nH]c2O)c1C. The monoisotopic (exact) mass is 263 g/mol. The molecule has 0 amide bonds. The lowest BCUT2D eigenvalue weighted by atomic mass is 9.98. The molecule has 7 nitrogen and oxygen atoms in total. The van der Waals surface area contributed by atoms with Gasteiger partial charge in [-0.3, -0.25) is 15.1 Å². The first-order chi connectivity index (χ1) is 8.90. The summed E-state index contributed by atoms with van der Waals surface area (Å²) in [5, 5.41) is 20.6. The summed E-state index contributed by atoms with van der Waals surface area (Å²) in [5.41, 5.74) is 1.84. The molecule has 0 aliphatic heterocycles. The maximum atomic E-state index is 11.1. The van der Waals surface area contributed by atoms with Gasteiger partial charge < -0.3 is 10.1 Å². The Labute approximate surface area is 108 Å². The molecule has 0 saturated heterocycles. The van der Waals surface area contributed by atoms with E-state index < -0.39 is 10.6 Å². The molecular weight excluding hydrogens is 250 g/mol. The molecule has 0 spiro atoms. The van der Waals surface area contributed by atoms with E-state index in [2.05, 4.69) is 9.97 Å². The van der Waals surface area contributed by atoms with Crippen molar-refractivity contribution in [2.24, 2.45) is 0 Å². The molecule has 2 rings (SSSR count). The van der Waals surface area contributed by atoms with Gasteiger partial charge in [-0.1, -0.05) is 6.07 Å². The fourth-order valence-corrected chi connectivity index (χ4v) is 1.97. The van der Waals surface area contributed by atoms with Gasteiger partial charge in [0.2, 0.25) is 5.88 Å². The molecule has 0 bridgehead atoms. The summed E-state index contributed by atoms with van der Waals surface area (Å²) in [6, 6.07) is 3.11. The highest BCUT2D eigenvalue weighted by Crippen LogP contribution is 2.28. The maximum absolute atomic E-state index is 11.1. The second kappa shape index (κ2) is 4.60. The van der Waals surface area contributed by atoms with Gasteiger partial charge in [-0.25, -0.2) is 4.79 Å². The van der Waals surface area contributed by atoms with Crippen LogP contribution in [0.2, 0.25) is 0 Å². The molecule has 0 atom stereocenters. The number of hydrogen-bond acceptors (Lipinski definition) is 4. The Morgan fingerprint density at radius 3 is 2.53 bits per heavy atom. The Kier molecular flexibility index (Phi) is 3.12. The highest BCUT2D eigenvalue weighted by Gasteiger charge is 2.19. The second-order valence-electron chi connectivity index (χ2n) is 4.35. The largest absolute Gasteiger partial charge is 0.493 e. The number of aryl methyl sites for hydroxylation is 1. The number of benzene rings is 1. The van der Waals surface area contributed by atoms with Crippen molar-refractivity contribution in [1.29, 1.82) is 0 Å². The summed E-state index contributed by atoms with van der Waals surface area (Å²) in [6.45, 7) is 3.63. The highest BCUT2D eigenvalue weighted by atomic mass is 16.6. The summed E-state index contributed by atoms with van der Waals surface area (Å²) in [4.78, 5) is 26.2. The van der Waals surface area contributed by atoms with Crippen molar-refractivity contribution in [2.75, 3.05) is 0 Å². The normalized spacial score (nSPS) is 10.6. The summed E-state index contributed by atoms with van der Waals surface area (Å²) < 4.78 is 0. The van der Waals surface area contributed by atoms with Crippen LogP contribution in [0.5, 0.6) is 5.88 Å². The van der Waals surface area contributed by atoms with Gasteiger partial charge in [0.1, 0.15) is 0 Å². The third-order valence-corrected chi connectivity index (χ3v) is 3.18. The van der Waals surface area contributed by atoms with Gasteiger partial charge in [-0.05, 0) is 25.0 Å². The minimum Gasteiger partial charge on any atom is -0.493 e. The van der Waals surface area contributed by atoms with Crippen LogP contribution in [0.25, 0.3) is 0 Å². The Hall–Kier alpha value is -2.57. The zero-order chi connectivity index (χ0) is 14.2. The Balaban J connectivity index is 2.55. The molecule has 0 unspecified atom stereocenters. The fourth-order valence-electron chi connectivity index (χ4n) is 1.97. The Bertz CT molecular complexity index is 699. The molecular formula is C12H13N3O4. The highest BCUT2D eigenvalue weighted by molar-refractivity contribution is 5.50. The van der Waals surface area contributed by atoms with Crippen LogP contribution in [0.15, 0.2) is 16.9 Å². The zero-order valence-corrected chi connectivity index (χ0v) is 10.5. The number of hydrogen-bond donors (Lipinski definition) is 3. The number of nitro benzene ring substituents is 1. The number of aromatic nitrogens is 2. The quantitative estimate of drug-likeness (QED) is 0.575. The third-order valence-electron chi connectivity index (χ3n) is 3.18. The molecule has 0 aliphatic rings. The van der Waals surface area contributed by atoms with Crippen molar-refractivity contribution in [3.63, 3.8) is 0 Å². The van der Waals surface area contributed by atoms with E-state index in [-0.39, 0.29) is 23.7 Å². The van der Waals surface area contributed by atoms with Crippen LogP contribution in [0.1, 0.15) is 22.4 Å². The maximum Gasteiger partial charge on any atom is 0.325 e. The molecule has 19 heavy (non-hydrogen) atoms. The molecule has 7 heteroatoms. The number of nitro groups is 1. The first kappa shape index (κ1) is 12.9. The van der Waals surface area contributed by atoms with Crippen LogP contribution < -0.4 is 5.69 Å². The Morgan fingerprint density at radius 2 is 2.00 bits per heavy atom. The Morgan fingerprint density at radius 1 is 1.32 bits per heavy atom. The van der Waals surface area contributed by atoms with E-state index in [1.165, 1.54) is 6.07 Å². The van der Waals surface area contributed by atoms with Gasteiger partial charge in [0.25, 0.3) is 5.69 Å². The third kappa shape index (κ3) is 2.35. The summed E-state index contributed by atoms with van der Waals surface area (Å²) in [7, 11) is 0. The van der Waals surface area contributed by atoms with E-state index in [0.717, 1.165) is 11.1 Å². The fraction of sp³-hybridized carbons (Fsp3) is 0.250. The second-order valence-corrected chi connectivity index (χ2v) is 4.35. The number of nitrogens with one attached hydrogen (secondary N) is 2. The van der Waals surface area contributed by atoms with Crippen LogP contribution >= 0.6 is 0 Å². The number of rotatable bonds is 3. The lowest BCUT2D eigenvalue weighted by Crippen LogP contribution is -2.04. The average Bonchev–Trinajstić information content (AvgIpc) is 2.63. The predicted molar refractivity (Wildman–Crippen MR) is 68.5 cm³/mol. The summed E-state index contributed by atoms with van der Waals surface area (Å²) in [6.07, 6.45) is 0.0917. The predicted octanol–water partition coefficient (Wildman–Crippen LogP) is 1.52. The number of aromatic hydroxyl groups is 1. The first-order valence-corrected chi connectivity index (χ1v) is 5.63. The van der Waals surface area contributed by atoms with Gasteiger partial charge >= 0.3 is 5.69 Å². The number of H-pyrrole nitrogens is 2. The van der Waals surface area contributed by atoms with Gasteiger partial charge in [-0.2, -0.15) is 0 Å². The molecule has 3 N–H and O–H groups in total. The van der Waals surface area contributed by atoms with Crippen molar-refractivity contribution in [3.8, 4) is 5.88 Å². The van der Waals surface area contributed by atoms with Crippen LogP contribution in [0.3, 0.4) is 0 Å². The zero-order valence-electron chi connectivity index (χ0n) is 10.5. The lowest BCUT2D eigenvalue weighted by Gasteiger charge is -2.08. The smallest absolute Gasteiger partial charge is 0.325 e. The van der Waals surface area contributed by atoms with Crippen LogP contribution in [0, 0.1) is 24.0 Å².